The summed E-state index contributed by atoms with van der Waals surface area (Å²) < 4.78 is 26.5. The molecule has 0 saturated carbocycles. The summed E-state index contributed by atoms with van der Waals surface area (Å²) in [6, 6.07) is 3.47. The number of benzene rings is 1. The third kappa shape index (κ3) is 3.12. The van der Waals surface area contributed by atoms with Crippen LogP contribution in [0.2, 0.25) is 5.15 Å². The minimum Gasteiger partial charge on any atom is -0.237 e. The Hall–Kier alpha value is -1.55. The number of hydrogen-bond donors (Lipinski definition) is 0. The molecule has 106 valence electrons. The lowest BCUT2D eigenvalue weighted by Gasteiger charge is -2.12. The first kappa shape index (κ1) is 14.9. The Balaban J connectivity index is 2.35. The Bertz CT molecular complexity index is 619. The molecule has 1 aromatic carbocycles. The monoisotopic (exact) mass is 296 g/mol. The third-order valence-electron chi connectivity index (χ3n) is 3.08. The van der Waals surface area contributed by atoms with Crippen molar-refractivity contribution in [3.63, 3.8) is 0 Å². The standard InChI is InChI=1S/C15H15ClF2N2/c1-8(2)14-9(3)19-13(20-15(14)16)6-10-4-5-11(17)7-12(10)18/h4-5,7-8H,6H2,1-3H3. The van der Waals surface area contributed by atoms with Crippen molar-refractivity contribution in [3.05, 3.63) is 57.6 Å². The molecule has 0 saturated heterocycles. The van der Waals surface area contributed by atoms with E-state index in [2.05, 4.69) is 9.97 Å². The SMILES string of the molecule is Cc1nc(Cc2ccc(F)cc2F)nc(Cl)c1C(C)C. The van der Waals surface area contributed by atoms with Gasteiger partial charge in [-0.3, -0.25) is 0 Å². The van der Waals surface area contributed by atoms with E-state index in [1.165, 1.54) is 12.1 Å². The van der Waals surface area contributed by atoms with Crippen LogP contribution >= 0.6 is 11.6 Å². The van der Waals surface area contributed by atoms with Gasteiger partial charge in [0, 0.05) is 23.7 Å². The van der Waals surface area contributed by atoms with Gasteiger partial charge < -0.3 is 0 Å². The van der Waals surface area contributed by atoms with Gasteiger partial charge in [0.05, 0.1) is 0 Å². The molecule has 20 heavy (non-hydrogen) atoms. The van der Waals surface area contributed by atoms with Crippen molar-refractivity contribution < 1.29 is 8.78 Å². The van der Waals surface area contributed by atoms with Crippen LogP contribution < -0.4 is 0 Å². The maximum atomic E-state index is 13.6. The van der Waals surface area contributed by atoms with Crippen molar-refractivity contribution in [1.29, 1.82) is 0 Å². The summed E-state index contributed by atoms with van der Waals surface area (Å²) in [5, 5.41) is 0.394. The van der Waals surface area contributed by atoms with Crippen LogP contribution in [0.5, 0.6) is 0 Å². The van der Waals surface area contributed by atoms with Gasteiger partial charge in [0.1, 0.15) is 22.6 Å². The number of aryl methyl sites for hydroxylation is 1. The molecule has 0 amide bonds. The number of hydrogen-bond acceptors (Lipinski definition) is 2. The van der Waals surface area contributed by atoms with E-state index in [0.717, 1.165) is 17.3 Å². The maximum Gasteiger partial charge on any atom is 0.136 e. The second-order valence-corrected chi connectivity index (χ2v) is 5.35. The van der Waals surface area contributed by atoms with Crippen LogP contribution in [0, 0.1) is 18.6 Å². The van der Waals surface area contributed by atoms with Gasteiger partial charge in [-0.1, -0.05) is 31.5 Å². The zero-order valence-corrected chi connectivity index (χ0v) is 12.3. The molecule has 0 atom stereocenters. The van der Waals surface area contributed by atoms with E-state index in [4.69, 9.17) is 11.6 Å². The van der Waals surface area contributed by atoms with Crippen LogP contribution in [0.1, 0.15) is 42.4 Å². The predicted molar refractivity (Wildman–Crippen MR) is 75.0 cm³/mol. The molecule has 0 spiro atoms. The van der Waals surface area contributed by atoms with E-state index >= 15 is 0 Å². The van der Waals surface area contributed by atoms with Crippen LogP contribution in [-0.4, -0.2) is 9.97 Å². The summed E-state index contributed by atoms with van der Waals surface area (Å²) in [4.78, 5) is 8.57. The molecule has 0 N–H and O–H groups in total. The fraction of sp³-hybridized carbons (Fsp3) is 0.333. The first-order valence-electron chi connectivity index (χ1n) is 6.35. The lowest BCUT2D eigenvalue weighted by Crippen LogP contribution is -2.06. The van der Waals surface area contributed by atoms with Crippen molar-refractivity contribution in [2.75, 3.05) is 0 Å². The van der Waals surface area contributed by atoms with Crippen molar-refractivity contribution in [3.8, 4) is 0 Å². The molecule has 0 aliphatic heterocycles. The lowest BCUT2D eigenvalue weighted by atomic mass is 10.0. The Kier molecular flexibility index (Phi) is 4.33. The quantitative estimate of drug-likeness (QED) is 0.783. The zero-order valence-electron chi connectivity index (χ0n) is 11.5. The van der Waals surface area contributed by atoms with Crippen LogP contribution in [0.15, 0.2) is 18.2 Å². The van der Waals surface area contributed by atoms with Gasteiger partial charge in [-0.15, -0.1) is 0 Å². The average molecular weight is 297 g/mol. The maximum absolute atomic E-state index is 13.6. The van der Waals surface area contributed by atoms with E-state index in [1.54, 1.807) is 0 Å². The highest BCUT2D eigenvalue weighted by molar-refractivity contribution is 6.30. The molecule has 0 aliphatic carbocycles. The highest BCUT2D eigenvalue weighted by Crippen LogP contribution is 2.25. The first-order chi connectivity index (χ1) is 9.38. The van der Waals surface area contributed by atoms with Gasteiger partial charge in [-0.05, 0) is 24.5 Å². The molecule has 2 nitrogen and oxygen atoms in total. The lowest BCUT2D eigenvalue weighted by molar-refractivity contribution is 0.573. The van der Waals surface area contributed by atoms with E-state index in [9.17, 15) is 8.78 Å². The molecule has 2 aromatic rings. The second-order valence-electron chi connectivity index (χ2n) is 5.00. The summed E-state index contributed by atoms with van der Waals surface area (Å²) in [5.41, 5.74) is 2.03. The van der Waals surface area contributed by atoms with Gasteiger partial charge in [0.25, 0.3) is 0 Å². The topological polar surface area (TPSA) is 25.8 Å². The molecule has 5 heteroatoms. The Labute approximate surface area is 121 Å². The molecule has 1 aromatic heterocycles. The zero-order chi connectivity index (χ0) is 14.9. The Morgan fingerprint density at radius 2 is 1.90 bits per heavy atom. The van der Waals surface area contributed by atoms with Crippen molar-refractivity contribution in [2.45, 2.75) is 33.1 Å². The highest BCUT2D eigenvalue weighted by Gasteiger charge is 2.14. The van der Waals surface area contributed by atoms with Crippen molar-refractivity contribution in [2.24, 2.45) is 0 Å². The minimum absolute atomic E-state index is 0.186. The van der Waals surface area contributed by atoms with Gasteiger partial charge in [0.2, 0.25) is 0 Å². The third-order valence-corrected chi connectivity index (χ3v) is 3.37. The van der Waals surface area contributed by atoms with Gasteiger partial charge in [0.15, 0.2) is 0 Å². The van der Waals surface area contributed by atoms with Crippen molar-refractivity contribution in [1.82, 2.24) is 9.97 Å². The number of halogens is 3. The second kappa shape index (κ2) is 5.83. The van der Waals surface area contributed by atoms with Crippen LogP contribution in [0.4, 0.5) is 8.78 Å². The molecule has 0 radical (unpaired) electrons. The molecule has 0 unspecified atom stereocenters. The van der Waals surface area contributed by atoms with E-state index in [-0.39, 0.29) is 12.3 Å². The summed E-state index contributed by atoms with van der Waals surface area (Å²) in [6.07, 6.45) is 0.186. The molecule has 1 heterocycles. The van der Waals surface area contributed by atoms with Crippen LogP contribution in [-0.2, 0) is 6.42 Å². The molecule has 0 aliphatic rings. The largest absolute Gasteiger partial charge is 0.237 e. The van der Waals surface area contributed by atoms with Gasteiger partial charge in [-0.2, -0.15) is 0 Å². The summed E-state index contributed by atoms with van der Waals surface area (Å²) in [7, 11) is 0. The number of rotatable bonds is 3. The van der Waals surface area contributed by atoms with Crippen LogP contribution in [0.3, 0.4) is 0 Å². The summed E-state index contributed by atoms with van der Waals surface area (Å²) >= 11 is 6.16. The average Bonchev–Trinajstić information content (AvgIpc) is 2.31. The first-order valence-corrected chi connectivity index (χ1v) is 6.73. The fourth-order valence-electron chi connectivity index (χ4n) is 2.17. The fourth-order valence-corrected chi connectivity index (χ4v) is 2.62. The highest BCUT2D eigenvalue weighted by atomic mass is 35.5. The molecule has 0 fully saturated rings. The minimum atomic E-state index is -0.602. The van der Waals surface area contributed by atoms with E-state index in [1.807, 2.05) is 20.8 Å². The molecule has 0 bridgehead atoms. The molecular formula is C15H15ClF2N2. The number of aromatic nitrogens is 2. The van der Waals surface area contributed by atoms with Crippen molar-refractivity contribution >= 4 is 11.6 Å². The summed E-state index contributed by atoms with van der Waals surface area (Å²) in [6.45, 7) is 5.88. The molecule has 2 rings (SSSR count). The van der Waals surface area contributed by atoms with E-state index in [0.29, 0.717) is 16.5 Å². The van der Waals surface area contributed by atoms with Gasteiger partial charge in [-0.25, -0.2) is 18.7 Å². The van der Waals surface area contributed by atoms with Gasteiger partial charge >= 0.3 is 0 Å². The smallest absolute Gasteiger partial charge is 0.136 e. The summed E-state index contributed by atoms with van der Waals surface area (Å²) in [5.74, 6) is -0.548. The van der Waals surface area contributed by atoms with Crippen LogP contribution in [0.25, 0.3) is 0 Å². The molecular weight excluding hydrogens is 282 g/mol. The number of nitrogens with zero attached hydrogens (tertiary/aromatic N) is 2. The van der Waals surface area contributed by atoms with E-state index < -0.39 is 11.6 Å². The Morgan fingerprint density at radius 3 is 2.45 bits per heavy atom. The Morgan fingerprint density at radius 1 is 1.20 bits per heavy atom. The predicted octanol–water partition coefficient (Wildman–Crippen LogP) is 4.43. The normalized spacial score (nSPS) is 11.2.